The lowest BCUT2D eigenvalue weighted by molar-refractivity contribution is 0.0666. The zero-order chi connectivity index (χ0) is 31.9. The van der Waals surface area contributed by atoms with Crippen LogP contribution in [0.3, 0.4) is 0 Å². The van der Waals surface area contributed by atoms with Crippen molar-refractivity contribution in [3.05, 3.63) is 83.9 Å². The number of fused-ring (bicyclic) bond motifs is 2. The third-order valence-corrected chi connectivity index (χ3v) is 20.8. The van der Waals surface area contributed by atoms with Gasteiger partial charge in [0, 0.05) is 5.56 Å². The number of benzene rings is 3. The van der Waals surface area contributed by atoms with Crippen molar-refractivity contribution < 1.29 is 23.1 Å². The smallest absolute Gasteiger partial charge is 0.261 e. The number of hydrogen-bond donors (Lipinski definition) is 1. The molecular weight excluding hydrogens is 583 g/mol. The number of hydrogen-bond acceptors (Lipinski definition) is 5. The number of carbonyl (C=O) groups excluding carboxylic acids is 1. The van der Waals surface area contributed by atoms with Crippen LogP contribution in [0.15, 0.2) is 72.8 Å². The molecule has 2 atom stereocenters. The fourth-order valence-electron chi connectivity index (χ4n) is 7.81. The van der Waals surface area contributed by atoms with E-state index in [-0.39, 0.29) is 23.8 Å². The molecule has 1 amide bonds. The summed E-state index contributed by atoms with van der Waals surface area (Å²) in [6.45, 7) is 21.0. The molecule has 0 saturated carbocycles. The van der Waals surface area contributed by atoms with Gasteiger partial charge in [0.25, 0.3) is 14.2 Å². The zero-order valence-corrected chi connectivity index (χ0v) is 29.8. The van der Waals surface area contributed by atoms with Gasteiger partial charge in [-0.25, -0.2) is 0 Å². The molecule has 0 aliphatic carbocycles. The molecule has 0 spiro atoms. The van der Waals surface area contributed by atoms with E-state index in [1.807, 2.05) is 12.1 Å². The number of nitrogens with one attached hydrogen (secondary N) is 1. The van der Waals surface area contributed by atoms with Crippen molar-refractivity contribution in [1.82, 2.24) is 5.32 Å². The van der Waals surface area contributed by atoms with Crippen molar-refractivity contribution in [3.63, 3.8) is 0 Å². The molecule has 0 aromatic heterocycles. The minimum Gasteiger partial charge on any atom is -0.454 e. The summed E-state index contributed by atoms with van der Waals surface area (Å²) in [6.07, 6.45) is -0.394. The average molecular weight is 632 g/mol. The van der Waals surface area contributed by atoms with E-state index in [1.165, 1.54) is 10.4 Å². The molecular formula is C36H49NO5Si2. The Morgan fingerprint density at radius 1 is 0.818 bits per heavy atom. The molecule has 2 aliphatic rings. The first kappa shape index (κ1) is 32.5. The van der Waals surface area contributed by atoms with E-state index in [1.54, 1.807) is 0 Å². The van der Waals surface area contributed by atoms with E-state index in [0.717, 1.165) is 5.56 Å². The number of rotatable bonds is 10. The summed E-state index contributed by atoms with van der Waals surface area (Å²) >= 11 is 0. The summed E-state index contributed by atoms with van der Waals surface area (Å²) < 4.78 is 26.4. The molecule has 6 nitrogen and oxygen atoms in total. The zero-order valence-electron chi connectivity index (χ0n) is 27.8. The van der Waals surface area contributed by atoms with Gasteiger partial charge in [-0.2, -0.15) is 0 Å². The molecule has 44 heavy (non-hydrogen) atoms. The summed E-state index contributed by atoms with van der Waals surface area (Å²) in [6, 6.07) is 24.7. The first-order chi connectivity index (χ1) is 20.8. The standard InChI is InChI=1S/C36H49NO5Si2/c1-24(2)43(25(3)4,26(5)6)42-34-29-20-32-33(40-23-39-32)21-30(29)35(38)37-31(34)22-41-44(36(7,8)9,27-16-12-10-13-17-27)28-18-14-11-15-19-28/h10-21,24-26,31,34H,22-23H2,1-9H3,(H,37,38)/t31-,34-/m0/s1. The van der Waals surface area contributed by atoms with E-state index < -0.39 is 22.7 Å². The Hall–Kier alpha value is -2.92. The maximum absolute atomic E-state index is 13.8. The summed E-state index contributed by atoms with van der Waals surface area (Å²) in [7, 11) is -5.24. The minimum atomic E-state index is -2.86. The lowest BCUT2D eigenvalue weighted by Gasteiger charge is -2.48. The predicted molar refractivity (Wildman–Crippen MR) is 182 cm³/mol. The highest BCUT2D eigenvalue weighted by atomic mass is 28.4. The summed E-state index contributed by atoms with van der Waals surface area (Å²) in [5.41, 5.74) is 2.55. The third-order valence-electron chi connectivity index (χ3n) is 9.71. The van der Waals surface area contributed by atoms with Crippen LogP contribution < -0.4 is 25.2 Å². The van der Waals surface area contributed by atoms with Crippen LogP contribution in [-0.4, -0.2) is 42.0 Å². The van der Waals surface area contributed by atoms with Crippen LogP contribution in [0.4, 0.5) is 0 Å². The van der Waals surface area contributed by atoms with E-state index in [4.69, 9.17) is 18.3 Å². The van der Waals surface area contributed by atoms with Crippen LogP contribution in [0.25, 0.3) is 0 Å². The fraction of sp³-hybridized carbons (Fsp3) is 0.472. The molecule has 0 saturated heterocycles. The summed E-state index contributed by atoms with van der Waals surface area (Å²) in [5, 5.41) is 5.56. The molecule has 0 unspecified atom stereocenters. The second kappa shape index (κ2) is 12.5. The molecule has 5 rings (SSSR count). The Kier molecular flexibility index (Phi) is 9.20. The molecule has 3 aromatic carbocycles. The van der Waals surface area contributed by atoms with Crippen LogP contribution in [0.1, 0.15) is 84.3 Å². The second-order valence-corrected chi connectivity index (χ2v) is 23.9. The second-order valence-electron chi connectivity index (χ2n) is 14.2. The van der Waals surface area contributed by atoms with E-state index >= 15 is 0 Å². The van der Waals surface area contributed by atoms with Crippen LogP contribution in [0.5, 0.6) is 11.5 Å². The summed E-state index contributed by atoms with van der Waals surface area (Å²) in [5.74, 6) is 1.12. The van der Waals surface area contributed by atoms with Crippen LogP contribution in [0.2, 0.25) is 21.7 Å². The Bertz CT molecular complexity index is 1390. The van der Waals surface area contributed by atoms with Crippen molar-refractivity contribution in [2.45, 2.75) is 96.1 Å². The minimum absolute atomic E-state index is 0.139. The van der Waals surface area contributed by atoms with Gasteiger partial charge in [0.05, 0.1) is 18.8 Å². The van der Waals surface area contributed by atoms with E-state index in [2.05, 4.69) is 128 Å². The molecule has 0 fully saturated rings. The maximum Gasteiger partial charge on any atom is 0.261 e. The highest BCUT2D eigenvalue weighted by molar-refractivity contribution is 6.99. The lowest BCUT2D eigenvalue weighted by Crippen LogP contribution is -2.68. The Labute approximate surface area is 265 Å². The molecule has 1 N–H and O–H groups in total. The van der Waals surface area contributed by atoms with Gasteiger partial charge in [0.2, 0.25) is 15.1 Å². The number of amides is 1. The van der Waals surface area contributed by atoms with Crippen LogP contribution in [0, 0.1) is 0 Å². The number of carbonyl (C=O) groups is 1. The topological polar surface area (TPSA) is 66.0 Å². The highest BCUT2D eigenvalue weighted by Crippen LogP contribution is 2.49. The SMILES string of the molecule is CC(C)[Si](O[C@H]1c2cc3c(cc2C(=O)N[C@H]1CO[Si](c1ccccc1)(c1ccccc1)C(C)(C)C)OCO3)(C(C)C)C(C)C. The third kappa shape index (κ3) is 5.55. The van der Waals surface area contributed by atoms with Gasteiger partial charge in [-0.3, -0.25) is 4.79 Å². The summed E-state index contributed by atoms with van der Waals surface area (Å²) in [4.78, 5) is 13.8. The average Bonchev–Trinajstić information content (AvgIpc) is 3.44. The van der Waals surface area contributed by atoms with Crippen LogP contribution >= 0.6 is 0 Å². The Morgan fingerprint density at radius 3 is 1.80 bits per heavy atom. The highest BCUT2D eigenvalue weighted by Gasteiger charge is 2.53. The molecule has 2 heterocycles. The Morgan fingerprint density at radius 2 is 1.32 bits per heavy atom. The van der Waals surface area contributed by atoms with Crippen LogP contribution in [-0.2, 0) is 8.85 Å². The number of ether oxygens (including phenoxy) is 2. The van der Waals surface area contributed by atoms with Crippen molar-refractivity contribution in [1.29, 1.82) is 0 Å². The largest absolute Gasteiger partial charge is 0.454 e. The Balaban J connectivity index is 1.64. The molecule has 236 valence electrons. The monoisotopic (exact) mass is 631 g/mol. The maximum atomic E-state index is 13.8. The van der Waals surface area contributed by atoms with Gasteiger partial charge < -0.3 is 23.6 Å². The fourth-order valence-corrected chi connectivity index (χ4v) is 17.9. The molecule has 2 aliphatic heterocycles. The predicted octanol–water partition coefficient (Wildman–Crippen LogP) is 7.34. The first-order valence-corrected chi connectivity index (χ1v) is 20.0. The van der Waals surface area contributed by atoms with Crippen molar-refractivity contribution in [2.24, 2.45) is 0 Å². The van der Waals surface area contributed by atoms with Crippen molar-refractivity contribution in [2.75, 3.05) is 13.4 Å². The lowest BCUT2D eigenvalue weighted by atomic mass is 9.92. The molecule has 3 aromatic rings. The van der Waals surface area contributed by atoms with Gasteiger partial charge in [-0.05, 0) is 49.7 Å². The van der Waals surface area contributed by atoms with Gasteiger partial charge in [-0.15, -0.1) is 0 Å². The van der Waals surface area contributed by atoms with E-state index in [9.17, 15) is 4.79 Å². The van der Waals surface area contributed by atoms with Gasteiger partial charge in [0.15, 0.2) is 11.5 Å². The van der Waals surface area contributed by atoms with Gasteiger partial charge in [0.1, 0.15) is 0 Å². The molecule has 0 radical (unpaired) electrons. The molecule has 8 heteroatoms. The van der Waals surface area contributed by atoms with E-state index in [0.29, 0.717) is 40.3 Å². The van der Waals surface area contributed by atoms with Gasteiger partial charge in [-0.1, -0.05) is 123 Å². The van der Waals surface area contributed by atoms with Crippen molar-refractivity contribution >= 4 is 32.9 Å². The van der Waals surface area contributed by atoms with Gasteiger partial charge >= 0.3 is 0 Å². The normalized spacial score (nSPS) is 18.6. The quantitative estimate of drug-likeness (QED) is 0.237. The first-order valence-electron chi connectivity index (χ1n) is 16.0. The molecule has 0 bridgehead atoms. The van der Waals surface area contributed by atoms with Crippen molar-refractivity contribution in [3.8, 4) is 11.5 Å².